The minimum Gasteiger partial charge on any atom is -0.399 e. The molecule has 4 aliphatic heterocycles. The van der Waals surface area contributed by atoms with E-state index >= 15 is 0 Å². The van der Waals surface area contributed by atoms with Crippen molar-refractivity contribution in [1.29, 1.82) is 0 Å². The highest BCUT2D eigenvalue weighted by Crippen LogP contribution is 2.42. The highest BCUT2D eigenvalue weighted by molar-refractivity contribution is 9.10. The second-order valence-electron chi connectivity index (χ2n) is 28.2. The fraction of sp³-hybridized carbons (Fsp3) is 0.519. The molecule has 4 fully saturated rings. The molecule has 0 bridgehead atoms. The Kier molecular flexibility index (Phi) is 30.7. The molecule has 0 saturated carbocycles. The number of rotatable bonds is 18. The molecule has 18 atom stereocenters. The predicted molar refractivity (Wildman–Crippen MR) is 401 cm³/mol. The summed E-state index contributed by atoms with van der Waals surface area (Å²) in [4.78, 5) is 12.7. The van der Waals surface area contributed by atoms with Gasteiger partial charge in [0.15, 0.2) is 0 Å². The first-order chi connectivity index (χ1) is 48.0. The SMILES string of the molecule is C.CCC1O[C@H]([C@H](C)c2ccc(B3OC(C)(C)C(C)(C)O3)cc2C)C(OCc2ccccc2)[C@@H](C)[C@@H]1C.CCc1cc(-c2ccc([C@@H](O)[C@H]3OC(CO)[C@@H](O)[C@H](O)C3O)c(C)c2)ccn1.CCc1cc(-c2ccc([C@@H](O)[C@H]3OC(CO)[C@@H](O)[C@H](O)C3O)c(C)c2)ccn1.CCc1cc(Br)ccn1. The third kappa shape index (κ3) is 19.8. The molecule has 11 rings (SSSR count). The van der Waals surface area contributed by atoms with Crippen LogP contribution < -0.4 is 5.46 Å². The standard InChI is InChI=1S/C31H45BO4.2C21H27NO6.C7H8BrN.CH4/c1-10-27-21(3)22(4)28(33-19-24-14-12-11-13-15-24)29(34-27)23(5)26-17-16-25(18-20(26)2)32-35-30(6,7)31(8,9)36-32;2*1-3-14-9-13(6-7-22-14)12-4-5-15(11(2)8-12)17(24)21-20(27)19(26)18(25)16(10-23)28-21;1-2-7-5-6(8)3-4-9-7;/h11-18,21-23,27-29H,10,19H2,1-9H3;2*4-9,16-21,23-27H,3,10H2,1-2H3;3-5H,2H2,1H3;1H4/t21-,22-,23+,27?,28?,29+;2*16?,17-,18-,19+,20?,21-;;/m011../s1. The fourth-order valence-electron chi connectivity index (χ4n) is 13.6. The van der Waals surface area contributed by atoms with Crippen LogP contribution in [0.2, 0.25) is 0 Å². The zero-order valence-corrected chi connectivity index (χ0v) is 62.4. The van der Waals surface area contributed by atoms with Crippen molar-refractivity contribution in [2.45, 2.75) is 245 Å². The first-order valence-corrected chi connectivity index (χ1v) is 36.3. The second kappa shape index (κ2) is 37.5. The molecule has 4 aromatic carbocycles. The quantitative estimate of drug-likeness (QED) is 0.0357. The van der Waals surface area contributed by atoms with Crippen molar-refractivity contribution in [3.8, 4) is 22.3 Å². The summed E-state index contributed by atoms with van der Waals surface area (Å²) in [6, 6.07) is 40.0. The van der Waals surface area contributed by atoms with Crippen LogP contribution in [-0.2, 0) is 54.1 Å². The molecule has 7 heterocycles. The number of hydrogen-bond acceptors (Lipinski definition) is 19. The van der Waals surface area contributed by atoms with E-state index in [9.17, 15) is 51.1 Å². The van der Waals surface area contributed by atoms with Crippen LogP contribution in [0.3, 0.4) is 0 Å². The molecule has 7 aromatic rings. The van der Waals surface area contributed by atoms with Gasteiger partial charge in [-0.15, -0.1) is 0 Å². The number of aliphatic hydroxyl groups is 10. The smallest absolute Gasteiger partial charge is 0.399 e. The highest BCUT2D eigenvalue weighted by Gasteiger charge is 2.53. The van der Waals surface area contributed by atoms with Gasteiger partial charge in [0.2, 0.25) is 0 Å². The van der Waals surface area contributed by atoms with E-state index < -0.39 is 86.5 Å². The summed E-state index contributed by atoms with van der Waals surface area (Å²) in [7, 11) is -0.351. The van der Waals surface area contributed by atoms with Crippen molar-refractivity contribution in [3.05, 3.63) is 200 Å². The molecule has 19 nitrogen and oxygen atoms in total. The number of hydrogen-bond donors (Lipinski definition) is 10. The summed E-state index contributed by atoms with van der Waals surface area (Å²) < 4.78 is 38.1. The van der Waals surface area contributed by atoms with Crippen LogP contribution in [0.4, 0.5) is 0 Å². The highest BCUT2D eigenvalue weighted by atomic mass is 79.9. The van der Waals surface area contributed by atoms with Crippen LogP contribution in [0, 0.1) is 32.6 Å². The number of ether oxygens (including phenoxy) is 4. The summed E-state index contributed by atoms with van der Waals surface area (Å²) in [5.74, 6) is 1.05. The maximum Gasteiger partial charge on any atom is 0.494 e. The van der Waals surface area contributed by atoms with Gasteiger partial charge in [-0.05, 0) is 189 Å². The van der Waals surface area contributed by atoms with Crippen molar-refractivity contribution in [1.82, 2.24) is 15.0 Å². The molecule has 21 heteroatoms. The number of benzene rings is 4. The summed E-state index contributed by atoms with van der Waals surface area (Å²) in [6.07, 6.45) is -6.55. The zero-order chi connectivity index (χ0) is 73.8. The zero-order valence-electron chi connectivity index (χ0n) is 60.8. The van der Waals surface area contributed by atoms with E-state index in [-0.39, 0.29) is 50.0 Å². The lowest BCUT2D eigenvalue weighted by Crippen LogP contribution is -2.59. The van der Waals surface area contributed by atoms with E-state index in [1.54, 1.807) is 24.5 Å². The minimum absolute atomic E-state index is 0. The van der Waals surface area contributed by atoms with Gasteiger partial charge in [0.05, 0.1) is 49.3 Å². The largest absolute Gasteiger partial charge is 0.494 e. The molecule has 10 N–H and O–H groups in total. The van der Waals surface area contributed by atoms with Crippen LogP contribution in [0.5, 0.6) is 0 Å². The van der Waals surface area contributed by atoms with Crippen LogP contribution in [0.15, 0.2) is 144 Å². The molecular weight excluding hydrogens is 1360 g/mol. The molecule has 4 aliphatic rings. The Morgan fingerprint density at radius 3 is 1.33 bits per heavy atom. The summed E-state index contributed by atoms with van der Waals surface area (Å²) in [6.45, 7) is 29.1. The Morgan fingerprint density at radius 2 is 0.922 bits per heavy atom. The van der Waals surface area contributed by atoms with E-state index in [0.717, 1.165) is 86.1 Å². The molecule has 556 valence electrons. The fourth-order valence-corrected chi connectivity index (χ4v) is 14.0. The molecule has 6 unspecified atom stereocenters. The number of aliphatic hydroxyl groups excluding tert-OH is 10. The Balaban J connectivity index is 0.000000202. The van der Waals surface area contributed by atoms with Gasteiger partial charge >= 0.3 is 7.12 Å². The van der Waals surface area contributed by atoms with Gasteiger partial charge in [0.25, 0.3) is 0 Å². The molecular formula is C81H111BBrN3O16. The normalized spacial score (nSPS) is 27.4. The predicted octanol–water partition coefficient (Wildman–Crippen LogP) is 10.5. The average Bonchev–Trinajstić information content (AvgIpc) is 1.41. The van der Waals surface area contributed by atoms with Crippen molar-refractivity contribution in [2.75, 3.05) is 13.2 Å². The number of pyridine rings is 3. The van der Waals surface area contributed by atoms with E-state index in [1.165, 1.54) is 16.7 Å². The Hall–Kier alpha value is -5.77. The van der Waals surface area contributed by atoms with E-state index in [0.29, 0.717) is 29.6 Å². The maximum absolute atomic E-state index is 10.8. The molecule has 3 aromatic heterocycles. The lowest BCUT2D eigenvalue weighted by Gasteiger charge is -2.47. The van der Waals surface area contributed by atoms with Gasteiger partial charge in [-0.2, -0.15) is 0 Å². The number of halogens is 1. The lowest BCUT2D eigenvalue weighted by atomic mass is 9.74. The third-order valence-corrected chi connectivity index (χ3v) is 21.4. The summed E-state index contributed by atoms with van der Waals surface area (Å²) >= 11 is 3.36. The van der Waals surface area contributed by atoms with Gasteiger partial charge in [-0.3, -0.25) is 15.0 Å². The van der Waals surface area contributed by atoms with Crippen LogP contribution in [0.25, 0.3) is 22.3 Å². The topological polar surface area (TPSA) is 296 Å². The Morgan fingerprint density at radius 1 is 0.500 bits per heavy atom. The first kappa shape index (κ1) is 83.5. The van der Waals surface area contributed by atoms with Gasteiger partial charge < -0.3 is 79.3 Å². The monoisotopic (exact) mass is 1470 g/mol. The maximum atomic E-state index is 10.8. The number of aromatic nitrogens is 3. The lowest BCUT2D eigenvalue weighted by molar-refractivity contribution is -0.250. The van der Waals surface area contributed by atoms with Gasteiger partial charge in [-0.1, -0.05) is 157 Å². The van der Waals surface area contributed by atoms with Crippen molar-refractivity contribution >= 4 is 28.5 Å². The third-order valence-electron chi connectivity index (χ3n) is 20.9. The van der Waals surface area contributed by atoms with Crippen LogP contribution in [-0.4, -0.2) is 177 Å². The van der Waals surface area contributed by atoms with Crippen molar-refractivity contribution in [2.24, 2.45) is 11.8 Å². The molecule has 0 amide bonds. The molecule has 0 radical (unpaired) electrons. The van der Waals surface area contributed by atoms with Gasteiger partial charge in [0.1, 0.15) is 73.2 Å². The number of nitrogens with zero attached hydrogens (tertiary/aromatic N) is 3. The van der Waals surface area contributed by atoms with E-state index in [2.05, 4.69) is 143 Å². The second-order valence-corrected chi connectivity index (χ2v) is 29.2. The van der Waals surface area contributed by atoms with Gasteiger partial charge in [0, 0.05) is 46.1 Å². The van der Waals surface area contributed by atoms with Crippen LogP contribution in [0.1, 0.15) is 164 Å². The van der Waals surface area contributed by atoms with Crippen molar-refractivity contribution < 1.29 is 79.3 Å². The van der Waals surface area contributed by atoms with Gasteiger partial charge in [-0.25, -0.2) is 0 Å². The first-order valence-electron chi connectivity index (χ1n) is 35.5. The molecule has 0 aliphatic carbocycles. The molecule has 102 heavy (non-hydrogen) atoms. The average molecular weight is 1470 g/mol. The molecule has 4 saturated heterocycles. The molecule has 0 spiro atoms. The minimum atomic E-state index is -1.52. The Labute approximate surface area is 612 Å². The summed E-state index contributed by atoms with van der Waals surface area (Å²) in [5.41, 5.74) is 13.8. The van der Waals surface area contributed by atoms with E-state index in [4.69, 9.17) is 28.3 Å². The van der Waals surface area contributed by atoms with Crippen LogP contribution >= 0.6 is 15.9 Å². The Bertz CT molecular complexity index is 3600. The van der Waals surface area contributed by atoms with E-state index in [1.807, 2.05) is 101 Å². The summed E-state index contributed by atoms with van der Waals surface area (Å²) in [5, 5.41) is 100. The number of aryl methyl sites for hydroxylation is 6. The van der Waals surface area contributed by atoms with Crippen molar-refractivity contribution in [3.63, 3.8) is 0 Å².